The number of nitrogens with one attached hydrogen (secondary N) is 2. The number of pyridine rings is 1. The van der Waals surface area contributed by atoms with Crippen LogP contribution in [0.25, 0.3) is 22.3 Å². The number of amides is 1. The Kier molecular flexibility index (Phi) is 7.89. The highest BCUT2D eigenvalue weighted by Gasteiger charge is 2.24. The van der Waals surface area contributed by atoms with Gasteiger partial charge < -0.3 is 26.2 Å². The number of benzene rings is 1. The van der Waals surface area contributed by atoms with Gasteiger partial charge in [-0.05, 0) is 50.2 Å². The normalized spacial score (nSPS) is 13.5. The highest BCUT2D eigenvalue weighted by atomic mass is 16.5. The number of anilines is 2. The molecule has 0 saturated carbocycles. The van der Waals surface area contributed by atoms with Gasteiger partial charge in [-0.1, -0.05) is 6.07 Å². The molecule has 3 aromatic heterocycles. The van der Waals surface area contributed by atoms with E-state index in [9.17, 15) is 4.79 Å². The van der Waals surface area contributed by atoms with Gasteiger partial charge >= 0.3 is 0 Å². The van der Waals surface area contributed by atoms with Crippen LogP contribution in [0.15, 0.2) is 49.1 Å². The molecule has 12 heteroatoms. The minimum absolute atomic E-state index is 0.233. The summed E-state index contributed by atoms with van der Waals surface area (Å²) in [4.78, 5) is 34.2. The number of carboxylic acids is 1. The Morgan fingerprint density at radius 2 is 1.97 bits per heavy atom. The van der Waals surface area contributed by atoms with E-state index in [1.165, 1.54) is 12.5 Å². The summed E-state index contributed by atoms with van der Waals surface area (Å²) >= 11 is 0. The van der Waals surface area contributed by atoms with Gasteiger partial charge in [-0.2, -0.15) is 5.10 Å². The van der Waals surface area contributed by atoms with Crippen LogP contribution >= 0.6 is 0 Å². The number of hydrogen-bond donors (Lipinski definition) is 4. The van der Waals surface area contributed by atoms with Crippen LogP contribution in [0.2, 0.25) is 0 Å². The van der Waals surface area contributed by atoms with Crippen LogP contribution in [0.5, 0.6) is 5.75 Å². The van der Waals surface area contributed by atoms with Crippen LogP contribution in [-0.2, 0) is 4.79 Å². The Morgan fingerprint density at radius 1 is 1.22 bits per heavy atom. The number of hydrogen-bond acceptors (Lipinski definition) is 9. The van der Waals surface area contributed by atoms with E-state index in [1.807, 2.05) is 16.8 Å². The first-order chi connectivity index (χ1) is 17.9. The molecular weight excluding hydrogens is 476 g/mol. The average molecular weight is 505 g/mol. The van der Waals surface area contributed by atoms with Crippen molar-refractivity contribution >= 4 is 34.4 Å². The van der Waals surface area contributed by atoms with E-state index >= 15 is 0 Å². The molecule has 5 N–H and O–H groups in total. The molecule has 5 rings (SSSR count). The van der Waals surface area contributed by atoms with Crippen LogP contribution in [0.3, 0.4) is 0 Å². The molecule has 192 valence electrons. The first-order valence-corrected chi connectivity index (χ1v) is 11.7. The molecule has 0 radical (unpaired) electrons. The second-order valence-corrected chi connectivity index (χ2v) is 8.36. The first-order valence-electron chi connectivity index (χ1n) is 11.7. The molecule has 1 saturated heterocycles. The van der Waals surface area contributed by atoms with Crippen molar-refractivity contribution in [2.24, 2.45) is 0 Å². The quantitative estimate of drug-likeness (QED) is 0.317. The number of carbonyl (C=O) groups excluding carboxylic acids is 1. The number of nitrogens with two attached hydrogens (primary N) is 1. The van der Waals surface area contributed by atoms with Crippen LogP contribution in [0.4, 0.5) is 11.5 Å². The van der Waals surface area contributed by atoms with Gasteiger partial charge in [0.25, 0.3) is 11.9 Å². The zero-order valence-corrected chi connectivity index (χ0v) is 20.5. The SMILES string of the molecule is CC(=O)O.COc1cc(-c2nn(C3CCNCC3)c3ncnc(N)c23)ccc1NC(=O)c1cccnc1. The van der Waals surface area contributed by atoms with Gasteiger partial charge in [0.2, 0.25) is 0 Å². The second-order valence-electron chi connectivity index (χ2n) is 8.36. The number of rotatable bonds is 5. The molecule has 0 bridgehead atoms. The molecule has 4 aromatic rings. The summed E-state index contributed by atoms with van der Waals surface area (Å²) in [5, 5.41) is 19.3. The van der Waals surface area contributed by atoms with Crippen molar-refractivity contribution in [3.8, 4) is 17.0 Å². The molecule has 37 heavy (non-hydrogen) atoms. The van der Waals surface area contributed by atoms with Gasteiger partial charge in [0.15, 0.2) is 5.65 Å². The minimum Gasteiger partial charge on any atom is -0.495 e. The number of aliphatic carboxylic acids is 1. The van der Waals surface area contributed by atoms with Gasteiger partial charge in [0.1, 0.15) is 23.6 Å². The van der Waals surface area contributed by atoms with E-state index in [2.05, 4.69) is 25.6 Å². The van der Waals surface area contributed by atoms with Crippen molar-refractivity contribution in [3.63, 3.8) is 0 Å². The third kappa shape index (κ3) is 5.81. The fraction of sp³-hybridized carbons (Fsp3) is 0.280. The van der Waals surface area contributed by atoms with Crippen LogP contribution in [0.1, 0.15) is 36.2 Å². The molecule has 12 nitrogen and oxygen atoms in total. The lowest BCUT2D eigenvalue weighted by molar-refractivity contribution is -0.134. The van der Waals surface area contributed by atoms with Gasteiger partial charge in [-0.15, -0.1) is 0 Å². The maximum Gasteiger partial charge on any atom is 0.300 e. The van der Waals surface area contributed by atoms with Crippen LogP contribution < -0.4 is 21.1 Å². The summed E-state index contributed by atoms with van der Waals surface area (Å²) in [7, 11) is 1.56. The van der Waals surface area contributed by atoms with Gasteiger partial charge in [0, 0.05) is 24.9 Å². The van der Waals surface area contributed by atoms with E-state index in [0.29, 0.717) is 33.9 Å². The molecule has 1 aliphatic heterocycles. The monoisotopic (exact) mass is 504 g/mol. The Morgan fingerprint density at radius 3 is 2.65 bits per heavy atom. The molecule has 0 atom stereocenters. The molecule has 4 heterocycles. The zero-order valence-electron chi connectivity index (χ0n) is 20.5. The van der Waals surface area contributed by atoms with Crippen molar-refractivity contribution in [3.05, 3.63) is 54.6 Å². The summed E-state index contributed by atoms with van der Waals surface area (Å²) in [5.41, 5.74) is 9.46. The molecule has 1 aliphatic rings. The van der Waals surface area contributed by atoms with Crippen molar-refractivity contribution in [1.29, 1.82) is 0 Å². The number of methoxy groups -OCH3 is 1. The lowest BCUT2D eigenvalue weighted by Crippen LogP contribution is -2.30. The van der Waals surface area contributed by atoms with Crippen LogP contribution in [0, 0.1) is 0 Å². The number of nitrogen functional groups attached to an aromatic ring is 1. The van der Waals surface area contributed by atoms with Crippen molar-refractivity contribution in [1.82, 2.24) is 30.0 Å². The second kappa shape index (κ2) is 11.4. The fourth-order valence-electron chi connectivity index (χ4n) is 4.14. The highest BCUT2D eigenvalue weighted by molar-refractivity contribution is 6.05. The van der Waals surface area contributed by atoms with Crippen molar-refractivity contribution in [2.75, 3.05) is 31.2 Å². The summed E-state index contributed by atoms with van der Waals surface area (Å²) in [6.45, 7) is 2.95. The summed E-state index contributed by atoms with van der Waals surface area (Å²) in [6.07, 6.45) is 6.53. The molecule has 0 spiro atoms. The Hall–Kier alpha value is -4.58. The Bertz CT molecular complexity index is 1400. The maximum atomic E-state index is 12.6. The molecule has 1 amide bonds. The minimum atomic E-state index is -0.833. The van der Waals surface area contributed by atoms with E-state index in [-0.39, 0.29) is 11.9 Å². The molecule has 0 unspecified atom stereocenters. The molecule has 1 aromatic carbocycles. The number of nitrogens with zero attached hydrogens (tertiary/aromatic N) is 5. The largest absolute Gasteiger partial charge is 0.495 e. The number of carbonyl (C=O) groups is 2. The van der Waals surface area contributed by atoms with Crippen LogP contribution in [-0.4, -0.2) is 61.9 Å². The number of fused-ring (bicyclic) bond motifs is 1. The summed E-state index contributed by atoms with van der Waals surface area (Å²) in [6, 6.07) is 9.15. The zero-order chi connectivity index (χ0) is 26.4. The van der Waals surface area contributed by atoms with Crippen molar-refractivity contribution < 1.29 is 19.4 Å². The maximum absolute atomic E-state index is 12.6. The average Bonchev–Trinajstić information content (AvgIpc) is 3.30. The Labute approximate surface area is 212 Å². The van der Waals surface area contributed by atoms with Crippen molar-refractivity contribution in [2.45, 2.75) is 25.8 Å². The Balaban J connectivity index is 0.000000747. The third-order valence-corrected chi connectivity index (χ3v) is 5.82. The summed E-state index contributed by atoms with van der Waals surface area (Å²) < 4.78 is 7.54. The fourth-order valence-corrected chi connectivity index (χ4v) is 4.14. The molecule has 1 fully saturated rings. The number of ether oxygens (including phenoxy) is 1. The highest BCUT2D eigenvalue weighted by Crippen LogP contribution is 2.36. The third-order valence-electron chi connectivity index (χ3n) is 5.82. The molecule has 0 aliphatic carbocycles. The summed E-state index contributed by atoms with van der Waals surface area (Å²) in [5.74, 6) is -0.222. The lowest BCUT2D eigenvalue weighted by atomic mass is 10.1. The smallest absolute Gasteiger partial charge is 0.300 e. The van der Waals surface area contributed by atoms with Gasteiger partial charge in [0.05, 0.1) is 29.8 Å². The predicted octanol–water partition coefficient (Wildman–Crippen LogP) is 2.75. The number of carboxylic acid groups (broad SMARTS) is 1. The van der Waals surface area contributed by atoms with Gasteiger partial charge in [-0.3, -0.25) is 14.6 Å². The standard InChI is InChI=1S/C23H24N8O2.C2H4O2/c1-33-18-11-14(4-5-17(18)29-23(32)15-3-2-8-26-12-15)20-19-21(24)27-13-28-22(19)31(30-20)16-6-9-25-10-7-16;1-2(3)4/h2-5,8,11-13,16,25H,6-7,9-10H2,1H3,(H,29,32)(H2,24,27,28);1H3,(H,3,4). The van der Waals surface area contributed by atoms with E-state index in [0.717, 1.165) is 44.1 Å². The first kappa shape index (κ1) is 25.5. The predicted molar refractivity (Wildman–Crippen MR) is 138 cm³/mol. The number of aromatic nitrogens is 5. The van der Waals surface area contributed by atoms with E-state index in [1.54, 1.807) is 31.5 Å². The number of piperidine rings is 1. The topological polar surface area (TPSA) is 170 Å². The molecular formula is C25H28N8O4. The lowest BCUT2D eigenvalue weighted by Gasteiger charge is -2.23. The van der Waals surface area contributed by atoms with E-state index < -0.39 is 5.97 Å². The van der Waals surface area contributed by atoms with Gasteiger partial charge in [-0.25, -0.2) is 14.6 Å². The van der Waals surface area contributed by atoms with E-state index in [4.69, 9.17) is 25.5 Å².